The van der Waals surface area contributed by atoms with Gasteiger partial charge in [0.1, 0.15) is 0 Å². The van der Waals surface area contributed by atoms with Gasteiger partial charge in [-0.15, -0.1) is 0 Å². The van der Waals surface area contributed by atoms with Crippen molar-refractivity contribution in [2.45, 2.75) is 63.3 Å². The molecule has 2 fully saturated rings. The zero-order valence-corrected chi connectivity index (χ0v) is 12.2. The van der Waals surface area contributed by atoms with Crippen molar-refractivity contribution in [3.05, 3.63) is 0 Å². The van der Waals surface area contributed by atoms with E-state index in [1.54, 1.807) is 0 Å². The largest absolute Gasteiger partial charge is 0.330 e. The minimum absolute atomic E-state index is 0.758. The van der Waals surface area contributed by atoms with E-state index in [9.17, 15) is 0 Å². The molecular weight excluding hydrogens is 228 g/mol. The second-order valence-electron chi connectivity index (χ2n) is 5.61. The van der Waals surface area contributed by atoms with Crippen LogP contribution in [0, 0.1) is 5.92 Å². The van der Waals surface area contributed by atoms with Gasteiger partial charge >= 0.3 is 0 Å². The molecule has 0 spiro atoms. The zero-order chi connectivity index (χ0) is 12.3. The molecule has 2 aliphatic rings. The quantitative estimate of drug-likeness (QED) is 0.838. The number of hydrogen-bond acceptors (Lipinski definition) is 3. The normalized spacial score (nSPS) is 38.8. The molecule has 0 aromatic heterocycles. The second kappa shape index (κ2) is 6.44. The SMILES string of the molecule is CCN(C1CCCC1CN)C1CCCSC1C. The minimum atomic E-state index is 0.758. The fourth-order valence-electron chi connectivity index (χ4n) is 3.79. The highest BCUT2D eigenvalue weighted by molar-refractivity contribution is 7.99. The van der Waals surface area contributed by atoms with Gasteiger partial charge in [0.15, 0.2) is 0 Å². The van der Waals surface area contributed by atoms with Crippen LogP contribution in [-0.4, -0.2) is 41.1 Å². The van der Waals surface area contributed by atoms with Crippen molar-refractivity contribution in [1.82, 2.24) is 4.90 Å². The lowest BCUT2D eigenvalue weighted by atomic mass is 9.97. The Morgan fingerprint density at radius 2 is 1.94 bits per heavy atom. The molecule has 1 saturated heterocycles. The van der Waals surface area contributed by atoms with Gasteiger partial charge in [-0.1, -0.05) is 20.3 Å². The molecule has 1 saturated carbocycles. The average Bonchev–Trinajstić information content (AvgIpc) is 2.81. The van der Waals surface area contributed by atoms with Crippen molar-refractivity contribution in [3.63, 3.8) is 0 Å². The summed E-state index contributed by atoms with van der Waals surface area (Å²) in [6, 6.07) is 1.58. The van der Waals surface area contributed by atoms with Crippen LogP contribution < -0.4 is 5.73 Å². The molecular formula is C14H28N2S. The number of thioether (sulfide) groups is 1. The van der Waals surface area contributed by atoms with Gasteiger partial charge in [0, 0.05) is 17.3 Å². The van der Waals surface area contributed by atoms with Gasteiger partial charge in [-0.3, -0.25) is 4.90 Å². The van der Waals surface area contributed by atoms with Crippen molar-refractivity contribution >= 4 is 11.8 Å². The predicted octanol–water partition coefficient (Wildman–Crippen LogP) is 2.72. The van der Waals surface area contributed by atoms with Crippen molar-refractivity contribution in [2.24, 2.45) is 11.7 Å². The van der Waals surface area contributed by atoms with Crippen LogP contribution in [0.5, 0.6) is 0 Å². The van der Waals surface area contributed by atoms with E-state index in [4.69, 9.17) is 5.73 Å². The Bertz CT molecular complexity index is 232. The molecule has 17 heavy (non-hydrogen) atoms. The highest BCUT2D eigenvalue weighted by Crippen LogP contribution is 2.36. The summed E-state index contributed by atoms with van der Waals surface area (Å²) in [5.74, 6) is 2.12. The Morgan fingerprint density at radius 1 is 1.18 bits per heavy atom. The molecule has 1 aliphatic heterocycles. The molecule has 0 aromatic carbocycles. The molecule has 0 aromatic rings. The Kier molecular flexibility index (Phi) is 5.19. The highest BCUT2D eigenvalue weighted by atomic mass is 32.2. The monoisotopic (exact) mass is 256 g/mol. The van der Waals surface area contributed by atoms with Crippen LogP contribution in [0.15, 0.2) is 0 Å². The fourth-order valence-corrected chi connectivity index (χ4v) is 5.01. The van der Waals surface area contributed by atoms with Gasteiger partial charge in [-0.25, -0.2) is 0 Å². The van der Waals surface area contributed by atoms with Crippen LogP contribution in [0.1, 0.15) is 46.0 Å². The molecule has 0 radical (unpaired) electrons. The summed E-state index contributed by atoms with van der Waals surface area (Å²) in [6.45, 7) is 6.84. The van der Waals surface area contributed by atoms with E-state index in [-0.39, 0.29) is 0 Å². The standard InChI is InChI=1S/C14H28N2S/c1-3-16(13-8-5-9-17-11(13)2)14-7-4-6-12(14)10-15/h11-14H,3-10,15H2,1-2H3. The van der Waals surface area contributed by atoms with E-state index < -0.39 is 0 Å². The van der Waals surface area contributed by atoms with E-state index in [2.05, 4.69) is 30.5 Å². The molecule has 2 rings (SSSR count). The van der Waals surface area contributed by atoms with Crippen molar-refractivity contribution in [2.75, 3.05) is 18.8 Å². The molecule has 1 heterocycles. The Morgan fingerprint density at radius 3 is 2.59 bits per heavy atom. The Labute approximate surface area is 111 Å². The van der Waals surface area contributed by atoms with E-state index >= 15 is 0 Å². The Balaban J connectivity index is 2.03. The van der Waals surface area contributed by atoms with Gasteiger partial charge in [0.2, 0.25) is 0 Å². The van der Waals surface area contributed by atoms with Crippen molar-refractivity contribution < 1.29 is 0 Å². The van der Waals surface area contributed by atoms with Gasteiger partial charge in [-0.05, 0) is 50.4 Å². The number of nitrogens with two attached hydrogens (primary N) is 1. The third-order valence-corrected chi connectivity index (χ3v) is 6.07. The summed E-state index contributed by atoms with van der Waals surface area (Å²) < 4.78 is 0. The first-order valence-corrected chi connectivity index (χ1v) is 8.40. The first-order valence-electron chi connectivity index (χ1n) is 7.35. The van der Waals surface area contributed by atoms with E-state index in [1.807, 2.05) is 0 Å². The van der Waals surface area contributed by atoms with Gasteiger partial charge < -0.3 is 5.73 Å². The molecule has 2 nitrogen and oxygen atoms in total. The molecule has 4 unspecified atom stereocenters. The molecule has 4 atom stereocenters. The van der Waals surface area contributed by atoms with Gasteiger partial charge in [0.25, 0.3) is 0 Å². The van der Waals surface area contributed by atoms with Crippen molar-refractivity contribution in [3.8, 4) is 0 Å². The van der Waals surface area contributed by atoms with E-state index in [0.717, 1.165) is 29.8 Å². The summed E-state index contributed by atoms with van der Waals surface area (Å²) in [5, 5.41) is 0.808. The molecule has 100 valence electrons. The summed E-state index contributed by atoms with van der Waals surface area (Å²) in [7, 11) is 0. The zero-order valence-electron chi connectivity index (χ0n) is 11.4. The maximum Gasteiger partial charge on any atom is 0.0215 e. The molecule has 1 aliphatic carbocycles. The maximum absolute atomic E-state index is 5.95. The smallest absolute Gasteiger partial charge is 0.0215 e. The highest BCUT2D eigenvalue weighted by Gasteiger charge is 2.36. The summed E-state index contributed by atoms with van der Waals surface area (Å²) in [4.78, 5) is 2.79. The molecule has 0 bridgehead atoms. The lowest BCUT2D eigenvalue weighted by molar-refractivity contribution is 0.106. The maximum atomic E-state index is 5.95. The number of rotatable bonds is 4. The summed E-state index contributed by atoms with van der Waals surface area (Å²) in [5.41, 5.74) is 5.95. The summed E-state index contributed by atoms with van der Waals surface area (Å²) >= 11 is 2.16. The minimum Gasteiger partial charge on any atom is -0.330 e. The van der Waals surface area contributed by atoms with Crippen LogP contribution in [-0.2, 0) is 0 Å². The predicted molar refractivity (Wildman–Crippen MR) is 77.5 cm³/mol. The van der Waals surface area contributed by atoms with Crippen LogP contribution in [0.25, 0.3) is 0 Å². The second-order valence-corrected chi connectivity index (χ2v) is 7.10. The van der Waals surface area contributed by atoms with Crippen LogP contribution in [0.2, 0.25) is 0 Å². The van der Waals surface area contributed by atoms with E-state index in [0.29, 0.717) is 0 Å². The fraction of sp³-hybridized carbons (Fsp3) is 1.00. The van der Waals surface area contributed by atoms with Gasteiger partial charge in [0.05, 0.1) is 0 Å². The molecule has 3 heteroatoms. The third kappa shape index (κ3) is 2.99. The van der Waals surface area contributed by atoms with Crippen LogP contribution >= 0.6 is 11.8 Å². The first kappa shape index (κ1) is 13.7. The lowest BCUT2D eigenvalue weighted by Gasteiger charge is -2.43. The van der Waals surface area contributed by atoms with Crippen molar-refractivity contribution in [1.29, 1.82) is 0 Å². The van der Waals surface area contributed by atoms with Gasteiger partial charge in [-0.2, -0.15) is 11.8 Å². The first-order chi connectivity index (χ1) is 8.27. The molecule has 2 N–H and O–H groups in total. The van der Waals surface area contributed by atoms with Crippen LogP contribution in [0.4, 0.5) is 0 Å². The third-order valence-electron chi connectivity index (χ3n) is 4.71. The molecule has 0 amide bonds. The lowest BCUT2D eigenvalue weighted by Crippen LogP contribution is -2.50. The number of hydrogen-bond donors (Lipinski definition) is 1. The Hall–Kier alpha value is 0.270. The van der Waals surface area contributed by atoms with Crippen LogP contribution in [0.3, 0.4) is 0 Å². The number of nitrogens with zero attached hydrogens (tertiary/aromatic N) is 1. The average molecular weight is 256 g/mol. The topological polar surface area (TPSA) is 29.3 Å². The summed E-state index contributed by atoms with van der Waals surface area (Å²) in [6.07, 6.45) is 6.92. The van der Waals surface area contributed by atoms with E-state index in [1.165, 1.54) is 44.4 Å².